The maximum atomic E-state index is 9.91. The van der Waals surface area contributed by atoms with Crippen molar-refractivity contribution in [2.75, 3.05) is 13.1 Å². The van der Waals surface area contributed by atoms with Crippen molar-refractivity contribution in [3.63, 3.8) is 0 Å². The second-order valence-electron chi connectivity index (χ2n) is 5.54. The summed E-state index contributed by atoms with van der Waals surface area (Å²) < 4.78 is 0. The van der Waals surface area contributed by atoms with E-state index in [9.17, 15) is 5.11 Å². The van der Waals surface area contributed by atoms with Gasteiger partial charge in [-0.3, -0.25) is 4.90 Å². The number of aromatic amines is 1. The Balaban J connectivity index is 1.86. The van der Waals surface area contributed by atoms with Crippen LogP contribution in [-0.2, 0) is 6.42 Å². The quantitative estimate of drug-likeness (QED) is 0.743. The summed E-state index contributed by atoms with van der Waals surface area (Å²) in [6.07, 6.45) is 2.79. The number of aliphatic hydroxyl groups is 1. The smallest absolute Gasteiger partial charge is 0.0571 e. The predicted octanol–water partition coefficient (Wildman–Crippen LogP) is 2.22. The molecule has 0 radical (unpaired) electrons. The zero-order chi connectivity index (χ0) is 12.1. The number of hydrogen-bond acceptors (Lipinski definition) is 2. The Bertz CT molecular complexity index is 589. The van der Waals surface area contributed by atoms with Crippen molar-refractivity contribution >= 4 is 10.9 Å². The molecule has 2 aliphatic rings. The zero-order valence-electron chi connectivity index (χ0n) is 10.4. The van der Waals surface area contributed by atoms with Gasteiger partial charge in [-0.2, -0.15) is 0 Å². The summed E-state index contributed by atoms with van der Waals surface area (Å²) in [5.74, 6) is 0. The van der Waals surface area contributed by atoms with Crippen molar-refractivity contribution < 1.29 is 5.11 Å². The molecular weight excluding hydrogens is 224 g/mol. The average Bonchev–Trinajstić information content (AvgIpc) is 2.78. The van der Waals surface area contributed by atoms with Gasteiger partial charge in [0.05, 0.1) is 12.1 Å². The van der Waals surface area contributed by atoms with E-state index in [-0.39, 0.29) is 6.10 Å². The standard InChI is InChI=1S/C15H18N2O/c18-10-5-7-17-8-6-12-11-3-1-2-4-13(11)16-15(12)14(17)9-10/h1-4,10,14,16,18H,5-9H2/t10-,14+/m1/s1. The minimum absolute atomic E-state index is 0.136. The highest BCUT2D eigenvalue weighted by Crippen LogP contribution is 2.39. The van der Waals surface area contributed by atoms with Crippen LogP contribution in [0, 0.1) is 0 Å². The Kier molecular flexibility index (Phi) is 2.26. The maximum absolute atomic E-state index is 9.91. The highest BCUT2D eigenvalue weighted by atomic mass is 16.3. The van der Waals surface area contributed by atoms with Gasteiger partial charge in [-0.25, -0.2) is 0 Å². The second kappa shape index (κ2) is 3.84. The number of aromatic nitrogens is 1. The van der Waals surface area contributed by atoms with Crippen molar-refractivity contribution in [2.24, 2.45) is 0 Å². The Labute approximate surface area is 106 Å². The molecule has 2 atom stereocenters. The van der Waals surface area contributed by atoms with Crippen LogP contribution in [-0.4, -0.2) is 34.2 Å². The summed E-state index contributed by atoms with van der Waals surface area (Å²) >= 11 is 0. The van der Waals surface area contributed by atoms with Crippen LogP contribution in [0.4, 0.5) is 0 Å². The summed E-state index contributed by atoms with van der Waals surface area (Å²) in [5.41, 5.74) is 4.06. The van der Waals surface area contributed by atoms with Crippen LogP contribution in [0.2, 0.25) is 0 Å². The lowest BCUT2D eigenvalue weighted by Gasteiger charge is -2.40. The minimum atomic E-state index is -0.136. The highest BCUT2D eigenvalue weighted by Gasteiger charge is 2.34. The summed E-state index contributed by atoms with van der Waals surface area (Å²) in [6.45, 7) is 2.16. The molecule has 2 N–H and O–H groups in total. The number of rotatable bonds is 0. The van der Waals surface area contributed by atoms with Crippen LogP contribution >= 0.6 is 0 Å². The third kappa shape index (κ3) is 1.44. The number of hydrogen-bond donors (Lipinski definition) is 2. The first-order chi connectivity index (χ1) is 8.83. The zero-order valence-corrected chi connectivity index (χ0v) is 10.4. The largest absolute Gasteiger partial charge is 0.393 e. The van der Waals surface area contributed by atoms with Crippen LogP contribution in [0.1, 0.15) is 30.1 Å². The number of fused-ring (bicyclic) bond motifs is 5. The number of aliphatic hydroxyl groups excluding tert-OH is 1. The molecule has 4 rings (SSSR count). The third-order valence-corrected chi connectivity index (χ3v) is 4.51. The highest BCUT2D eigenvalue weighted by molar-refractivity contribution is 5.85. The predicted molar refractivity (Wildman–Crippen MR) is 71.6 cm³/mol. The van der Waals surface area contributed by atoms with Gasteiger partial charge in [0.15, 0.2) is 0 Å². The SMILES string of the molecule is O[C@@H]1CCN2CCc3c([nH]c4ccccc34)[C@@H]2C1. The summed E-state index contributed by atoms with van der Waals surface area (Å²) in [4.78, 5) is 6.10. The van der Waals surface area contributed by atoms with Gasteiger partial charge in [0.1, 0.15) is 0 Å². The van der Waals surface area contributed by atoms with E-state index in [1.807, 2.05) is 0 Å². The van der Waals surface area contributed by atoms with Crippen molar-refractivity contribution in [1.29, 1.82) is 0 Å². The first kappa shape index (κ1) is 10.6. The topological polar surface area (TPSA) is 39.3 Å². The first-order valence-electron chi connectivity index (χ1n) is 6.84. The van der Waals surface area contributed by atoms with E-state index >= 15 is 0 Å². The molecule has 2 aromatic rings. The van der Waals surface area contributed by atoms with E-state index < -0.39 is 0 Å². The molecule has 1 fully saturated rings. The Hall–Kier alpha value is -1.32. The number of nitrogens with one attached hydrogen (secondary N) is 1. The van der Waals surface area contributed by atoms with Crippen LogP contribution in [0.3, 0.4) is 0 Å². The summed E-state index contributed by atoms with van der Waals surface area (Å²) in [7, 11) is 0. The molecule has 94 valence electrons. The molecule has 3 nitrogen and oxygen atoms in total. The average molecular weight is 242 g/mol. The van der Waals surface area contributed by atoms with E-state index in [0.717, 1.165) is 32.4 Å². The lowest BCUT2D eigenvalue weighted by atomic mass is 9.89. The molecule has 1 aromatic heterocycles. The lowest BCUT2D eigenvalue weighted by Crippen LogP contribution is -2.42. The molecule has 1 aromatic carbocycles. The van der Waals surface area contributed by atoms with Gasteiger partial charge in [0.2, 0.25) is 0 Å². The fraction of sp³-hybridized carbons (Fsp3) is 0.467. The van der Waals surface area contributed by atoms with Gasteiger partial charge in [-0.15, -0.1) is 0 Å². The Morgan fingerprint density at radius 1 is 1.22 bits per heavy atom. The molecule has 0 spiro atoms. The molecule has 2 aliphatic heterocycles. The number of nitrogens with zero attached hydrogens (tertiary/aromatic N) is 1. The summed E-state index contributed by atoms with van der Waals surface area (Å²) in [5, 5.41) is 11.3. The molecule has 1 saturated heterocycles. The molecule has 0 unspecified atom stereocenters. The molecule has 3 heterocycles. The molecule has 3 heteroatoms. The number of H-pyrrole nitrogens is 1. The van der Waals surface area contributed by atoms with Crippen LogP contribution in [0.15, 0.2) is 24.3 Å². The van der Waals surface area contributed by atoms with Crippen molar-refractivity contribution in [2.45, 2.75) is 31.4 Å². The van der Waals surface area contributed by atoms with Crippen LogP contribution in [0.5, 0.6) is 0 Å². The third-order valence-electron chi connectivity index (χ3n) is 4.51. The maximum Gasteiger partial charge on any atom is 0.0571 e. The number of piperidine rings is 1. The normalized spacial score (nSPS) is 28.1. The molecule has 0 saturated carbocycles. The van der Waals surface area contributed by atoms with Crippen molar-refractivity contribution in [3.05, 3.63) is 35.5 Å². The molecule has 18 heavy (non-hydrogen) atoms. The van der Waals surface area contributed by atoms with Gasteiger partial charge in [0, 0.05) is 29.7 Å². The summed E-state index contributed by atoms with van der Waals surface area (Å²) in [6, 6.07) is 8.94. The van der Waals surface area contributed by atoms with Gasteiger partial charge >= 0.3 is 0 Å². The van der Waals surface area contributed by atoms with Crippen molar-refractivity contribution in [1.82, 2.24) is 9.88 Å². The van der Waals surface area contributed by atoms with E-state index in [1.165, 1.54) is 22.2 Å². The Morgan fingerprint density at radius 3 is 3.06 bits per heavy atom. The monoisotopic (exact) mass is 242 g/mol. The molecule has 0 bridgehead atoms. The van der Waals surface area contributed by atoms with Gasteiger partial charge < -0.3 is 10.1 Å². The van der Waals surface area contributed by atoms with E-state index in [0.29, 0.717) is 6.04 Å². The number of benzene rings is 1. The van der Waals surface area contributed by atoms with Gasteiger partial charge in [0.25, 0.3) is 0 Å². The number of para-hydroxylation sites is 1. The first-order valence-corrected chi connectivity index (χ1v) is 6.84. The van der Waals surface area contributed by atoms with E-state index in [2.05, 4.69) is 34.1 Å². The minimum Gasteiger partial charge on any atom is -0.393 e. The van der Waals surface area contributed by atoms with Crippen molar-refractivity contribution in [3.8, 4) is 0 Å². The van der Waals surface area contributed by atoms with Gasteiger partial charge in [-0.05, 0) is 30.9 Å². The van der Waals surface area contributed by atoms with E-state index in [4.69, 9.17) is 0 Å². The lowest BCUT2D eigenvalue weighted by molar-refractivity contribution is 0.0348. The fourth-order valence-electron chi connectivity index (χ4n) is 3.59. The fourth-order valence-corrected chi connectivity index (χ4v) is 3.59. The van der Waals surface area contributed by atoms with Crippen LogP contribution in [0.25, 0.3) is 10.9 Å². The second-order valence-corrected chi connectivity index (χ2v) is 5.54. The molecule has 0 amide bonds. The molecule has 0 aliphatic carbocycles. The Morgan fingerprint density at radius 2 is 2.11 bits per heavy atom. The van der Waals surface area contributed by atoms with E-state index in [1.54, 1.807) is 0 Å². The van der Waals surface area contributed by atoms with Gasteiger partial charge in [-0.1, -0.05) is 18.2 Å². The molecular formula is C15H18N2O. The van der Waals surface area contributed by atoms with Crippen LogP contribution < -0.4 is 0 Å².